The van der Waals surface area contributed by atoms with Crippen molar-refractivity contribution >= 4 is 10.9 Å². The van der Waals surface area contributed by atoms with Crippen LogP contribution in [0.4, 0.5) is 0 Å². The van der Waals surface area contributed by atoms with Gasteiger partial charge in [-0.2, -0.15) is 5.26 Å². The highest BCUT2D eigenvalue weighted by atomic mass is 16.1. The van der Waals surface area contributed by atoms with Crippen LogP contribution in [-0.2, 0) is 6.54 Å². The van der Waals surface area contributed by atoms with E-state index in [1.807, 2.05) is 36.4 Å². The fourth-order valence-electron chi connectivity index (χ4n) is 2.24. The molecular weight excluding hydrogens is 250 g/mol. The molecule has 0 atom stereocenters. The minimum Gasteiger partial charge on any atom is -0.304 e. The molecule has 0 aliphatic heterocycles. The summed E-state index contributed by atoms with van der Waals surface area (Å²) in [7, 11) is 0. The van der Waals surface area contributed by atoms with Crippen molar-refractivity contribution in [1.29, 1.82) is 5.26 Å². The number of fused-ring (bicyclic) bond motifs is 1. The SMILES string of the molecule is N#Cc1ncccc1Cn1c(=O)ccc2ccccc21. The van der Waals surface area contributed by atoms with E-state index in [9.17, 15) is 4.79 Å². The molecule has 96 valence electrons. The van der Waals surface area contributed by atoms with Crippen molar-refractivity contribution < 1.29 is 0 Å². The maximum atomic E-state index is 12.1. The maximum Gasteiger partial charge on any atom is 0.251 e. The maximum absolute atomic E-state index is 12.1. The molecular formula is C16H11N3O. The Hall–Kier alpha value is -2.93. The highest BCUT2D eigenvalue weighted by Gasteiger charge is 2.07. The van der Waals surface area contributed by atoms with E-state index < -0.39 is 0 Å². The van der Waals surface area contributed by atoms with Crippen LogP contribution < -0.4 is 5.56 Å². The Bertz CT molecular complexity index is 875. The fraction of sp³-hybridized carbons (Fsp3) is 0.0625. The molecule has 0 aliphatic rings. The lowest BCUT2D eigenvalue weighted by Gasteiger charge is -2.10. The Morgan fingerprint density at radius 1 is 1.10 bits per heavy atom. The van der Waals surface area contributed by atoms with Crippen LogP contribution in [0.2, 0.25) is 0 Å². The summed E-state index contributed by atoms with van der Waals surface area (Å²) in [5, 5.41) is 10.1. The number of hydrogen-bond donors (Lipinski definition) is 0. The van der Waals surface area contributed by atoms with Crippen molar-refractivity contribution in [3.63, 3.8) is 0 Å². The lowest BCUT2D eigenvalue weighted by molar-refractivity contribution is 0.788. The Labute approximate surface area is 115 Å². The summed E-state index contributed by atoms with van der Waals surface area (Å²) in [6.07, 6.45) is 1.58. The molecule has 0 bridgehead atoms. The van der Waals surface area contributed by atoms with Gasteiger partial charge in [0.1, 0.15) is 11.8 Å². The predicted octanol–water partition coefficient (Wildman–Crippen LogP) is 2.32. The molecule has 0 fully saturated rings. The van der Waals surface area contributed by atoms with Gasteiger partial charge in [0.25, 0.3) is 5.56 Å². The van der Waals surface area contributed by atoms with Crippen molar-refractivity contribution in [2.75, 3.05) is 0 Å². The van der Waals surface area contributed by atoms with E-state index in [0.717, 1.165) is 16.5 Å². The van der Waals surface area contributed by atoms with E-state index in [4.69, 9.17) is 5.26 Å². The average molecular weight is 261 g/mol. The van der Waals surface area contributed by atoms with Crippen LogP contribution in [-0.4, -0.2) is 9.55 Å². The number of pyridine rings is 2. The predicted molar refractivity (Wildman–Crippen MR) is 76.3 cm³/mol. The highest BCUT2D eigenvalue weighted by Crippen LogP contribution is 2.13. The summed E-state index contributed by atoms with van der Waals surface area (Å²) >= 11 is 0. The van der Waals surface area contributed by atoms with Crippen LogP contribution in [0.5, 0.6) is 0 Å². The molecule has 3 rings (SSSR count). The van der Waals surface area contributed by atoms with Crippen molar-refractivity contribution in [1.82, 2.24) is 9.55 Å². The molecule has 0 spiro atoms. The van der Waals surface area contributed by atoms with Gasteiger partial charge in [0.15, 0.2) is 0 Å². The number of hydrogen-bond acceptors (Lipinski definition) is 3. The molecule has 0 N–H and O–H groups in total. The second-order valence-corrected chi connectivity index (χ2v) is 4.44. The van der Waals surface area contributed by atoms with Crippen LogP contribution in [0.3, 0.4) is 0 Å². The molecule has 1 aromatic carbocycles. The summed E-state index contributed by atoms with van der Waals surface area (Å²) in [6.45, 7) is 0.344. The monoisotopic (exact) mass is 261 g/mol. The molecule has 0 radical (unpaired) electrons. The van der Waals surface area contributed by atoms with Crippen molar-refractivity contribution in [2.45, 2.75) is 6.54 Å². The smallest absolute Gasteiger partial charge is 0.251 e. The van der Waals surface area contributed by atoms with E-state index in [-0.39, 0.29) is 5.56 Å². The van der Waals surface area contributed by atoms with E-state index >= 15 is 0 Å². The molecule has 0 saturated carbocycles. The number of nitriles is 1. The molecule has 0 unspecified atom stereocenters. The zero-order valence-corrected chi connectivity index (χ0v) is 10.7. The Kier molecular flexibility index (Phi) is 3.02. The van der Waals surface area contributed by atoms with Crippen LogP contribution in [0, 0.1) is 11.3 Å². The molecule has 0 aliphatic carbocycles. The summed E-state index contributed by atoms with van der Waals surface area (Å²) < 4.78 is 1.66. The van der Waals surface area contributed by atoms with E-state index in [0.29, 0.717) is 12.2 Å². The first kappa shape index (κ1) is 12.1. The number of nitrogens with zero attached hydrogens (tertiary/aromatic N) is 3. The number of rotatable bonds is 2. The Morgan fingerprint density at radius 2 is 1.95 bits per heavy atom. The molecule has 0 saturated heterocycles. The van der Waals surface area contributed by atoms with Gasteiger partial charge in [-0.05, 0) is 23.6 Å². The third kappa shape index (κ3) is 2.06. The second kappa shape index (κ2) is 4.98. The van der Waals surface area contributed by atoms with Gasteiger partial charge in [-0.25, -0.2) is 4.98 Å². The lowest BCUT2D eigenvalue weighted by Crippen LogP contribution is -2.20. The standard InChI is InChI=1S/C16H11N3O/c17-10-14-13(5-3-9-18-14)11-19-15-6-2-1-4-12(15)7-8-16(19)20/h1-9H,11H2. The largest absolute Gasteiger partial charge is 0.304 e. The average Bonchev–Trinajstić information content (AvgIpc) is 2.50. The van der Waals surface area contributed by atoms with Gasteiger partial charge in [0, 0.05) is 17.8 Å². The van der Waals surface area contributed by atoms with Gasteiger partial charge in [-0.15, -0.1) is 0 Å². The highest BCUT2D eigenvalue weighted by molar-refractivity contribution is 5.78. The minimum atomic E-state index is -0.0866. The number of para-hydroxylation sites is 1. The van der Waals surface area contributed by atoms with Gasteiger partial charge in [0.2, 0.25) is 0 Å². The first-order chi connectivity index (χ1) is 9.79. The molecule has 4 heteroatoms. The summed E-state index contributed by atoms with van der Waals surface area (Å²) in [6, 6.07) is 16.7. The number of benzene rings is 1. The Morgan fingerprint density at radius 3 is 2.80 bits per heavy atom. The van der Waals surface area contributed by atoms with Crippen LogP contribution >= 0.6 is 0 Å². The molecule has 3 aromatic rings. The third-order valence-corrected chi connectivity index (χ3v) is 3.22. The van der Waals surface area contributed by atoms with Crippen LogP contribution in [0.1, 0.15) is 11.3 Å². The quantitative estimate of drug-likeness (QED) is 0.711. The van der Waals surface area contributed by atoms with E-state index in [1.54, 1.807) is 22.9 Å². The molecule has 0 amide bonds. The second-order valence-electron chi connectivity index (χ2n) is 4.44. The molecule has 4 nitrogen and oxygen atoms in total. The molecule has 2 heterocycles. The molecule has 20 heavy (non-hydrogen) atoms. The first-order valence-corrected chi connectivity index (χ1v) is 6.22. The van der Waals surface area contributed by atoms with Crippen LogP contribution in [0.25, 0.3) is 10.9 Å². The van der Waals surface area contributed by atoms with Gasteiger partial charge in [-0.3, -0.25) is 4.79 Å². The van der Waals surface area contributed by atoms with Crippen molar-refractivity contribution in [2.24, 2.45) is 0 Å². The first-order valence-electron chi connectivity index (χ1n) is 6.22. The normalized spacial score (nSPS) is 10.3. The van der Waals surface area contributed by atoms with Gasteiger partial charge < -0.3 is 4.57 Å². The number of aromatic nitrogens is 2. The van der Waals surface area contributed by atoms with Gasteiger partial charge >= 0.3 is 0 Å². The summed E-state index contributed by atoms with van der Waals surface area (Å²) in [5.41, 5.74) is 1.87. The van der Waals surface area contributed by atoms with Gasteiger partial charge in [0.05, 0.1) is 12.1 Å². The summed E-state index contributed by atoms with van der Waals surface area (Å²) in [4.78, 5) is 16.1. The fourth-order valence-corrected chi connectivity index (χ4v) is 2.24. The topological polar surface area (TPSA) is 58.7 Å². The Balaban J connectivity index is 2.18. The molecule has 2 aromatic heterocycles. The zero-order valence-electron chi connectivity index (χ0n) is 10.7. The van der Waals surface area contributed by atoms with E-state index in [2.05, 4.69) is 11.1 Å². The van der Waals surface area contributed by atoms with E-state index in [1.165, 1.54) is 0 Å². The van der Waals surface area contributed by atoms with Crippen molar-refractivity contribution in [3.05, 3.63) is 76.3 Å². The summed E-state index contributed by atoms with van der Waals surface area (Å²) in [5.74, 6) is 0. The van der Waals surface area contributed by atoms with Crippen LogP contribution in [0.15, 0.2) is 59.5 Å². The van der Waals surface area contributed by atoms with Gasteiger partial charge in [-0.1, -0.05) is 24.3 Å². The minimum absolute atomic E-state index is 0.0866. The van der Waals surface area contributed by atoms with Crippen molar-refractivity contribution in [3.8, 4) is 6.07 Å². The lowest BCUT2D eigenvalue weighted by atomic mass is 10.1. The zero-order chi connectivity index (χ0) is 13.9. The third-order valence-electron chi connectivity index (χ3n) is 3.22.